The summed E-state index contributed by atoms with van der Waals surface area (Å²) >= 11 is 0. The van der Waals surface area contributed by atoms with E-state index >= 15 is 0 Å². The number of hydrogen-bond donors (Lipinski definition) is 1. The van der Waals surface area contributed by atoms with Gasteiger partial charge in [0.1, 0.15) is 22.9 Å². The molecule has 0 aliphatic carbocycles. The molecule has 0 radical (unpaired) electrons. The number of halogens is 1. The molecule has 3 rings (SSSR count). The van der Waals surface area contributed by atoms with Crippen molar-refractivity contribution >= 4 is 22.6 Å². The van der Waals surface area contributed by atoms with E-state index in [2.05, 4.69) is 10.3 Å². The molecule has 2 aromatic carbocycles. The van der Waals surface area contributed by atoms with E-state index in [9.17, 15) is 14.0 Å². The van der Waals surface area contributed by atoms with Crippen LogP contribution in [0.2, 0.25) is 0 Å². The van der Waals surface area contributed by atoms with E-state index in [1.807, 2.05) is 0 Å². The van der Waals surface area contributed by atoms with Crippen molar-refractivity contribution in [2.45, 2.75) is 32.9 Å². The Kier molecular flexibility index (Phi) is 7.24. The highest BCUT2D eigenvalue weighted by Gasteiger charge is 2.23. The number of methoxy groups -OCH3 is 3. The SMILES string of the molecule is COc1ccc(F)c(C(=O)c2ncc(CNC(=O)OC(C)(C)C)c3cc(OC)c(OC)cc23)c1. The number of alkyl carbamates (subject to hydrolysis) is 1. The van der Waals surface area contributed by atoms with Crippen LogP contribution in [0.15, 0.2) is 36.5 Å². The van der Waals surface area contributed by atoms with E-state index in [-0.39, 0.29) is 17.8 Å². The van der Waals surface area contributed by atoms with Crippen molar-refractivity contribution < 1.29 is 32.9 Å². The first-order valence-corrected chi connectivity index (χ1v) is 10.5. The smallest absolute Gasteiger partial charge is 0.407 e. The molecule has 1 amide bonds. The first-order chi connectivity index (χ1) is 16.1. The van der Waals surface area contributed by atoms with Gasteiger partial charge in [0.05, 0.1) is 26.9 Å². The fourth-order valence-electron chi connectivity index (χ4n) is 3.36. The molecule has 0 bridgehead atoms. The first-order valence-electron chi connectivity index (χ1n) is 10.5. The zero-order valence-electron chi connectivity index (χ0n) is 19.9. The highest BCUT2D eigenvalue weighted by atomic mass is 19.1. The summed E-state index contributed by atoms with van der Waals surface area (Å²) in [5.41, 5.74) is -0.214. The Bertz CT molecular complexity index is 1240. The van der Waals surface area contributed by atoms with Gasteiger partial charge in [0.2, 0.25) is 5.78 Å². The predicted octanol–water partition coefficient (Wildman–Crippen LogP) is 4.66. The van der Waals surface area contributed by atoms with Crippen LogP contribution in [0.25, 0.3) is 10.8 Å². The van der Waals surface area contributed by atoms with E-state index in [1.54, 1.807) is 32.9 Å². The Morgan fingerprint density at radius 1 is 0.971 bits per heavy atom. The largest absolute Gasteiger partial charge is 0.497 e. The summed E-state index contributed by atoms with van der Waals surface area (Å²) in [4.78, 5) is 29.8. The number of amides is 1. The second kappa shape index (κ2) is 9.94. The van der Waals surface area contributed by atoms with Gasteiger partial charge in [-0.25, -0.2) is 9.18 Å². The molecule has 180 valence electrons. The maximum Gasteiger partial charge on any atom is 0.407 e. The minimum Gasteiger partial charge on any atom is -0.497 e. The minimum atomic E-state index is -0.697. The Labute approximate surface area is 197 Å². The number of nitrogens with one attached hydrogen (secondary N) is 1. The zero-order valence-corrected chi connectivity index (χ0v) is 19.9. The molecule has 0 fully saturated rings. The van der Waals surface area contributed by atoms with Crippen LogP contribution in [0.5, 0.6) is 17.2 Å². The van der Waals surface area contributed by atoms with Crippen LogP contribution >= 0.6 is 0 Å². The van der Waals surface area contributed by atoms with Gasteiger partial charge >= 0.3 is 6.09 Å². The van der Waals surface area contributed by atoms with Crippen molar-refractivity contribution in [3.05, 3.63) is 59.2 Å². The fraction of sp³-hybridized carbons (Fsp3) is 0.320. The lowest BCUT2D eigenvalue weighted by Gasteiger charge is -2.20. The average Bonchev–Trinajstić information content (AvgIpc) is 2.80. The van der Waals surface area contributed by atoms with Crippen LogP contribution < -0.4 is 19.5 Å². The molecule has 3 aromatic rings. The number of carbonyl (C=O) groups excluding carboxylic acids is 2. The zero-order chi connectivity index (χ0) is 25.0. The van der Waals surface area contributed by atoms with E-state index in [1.165, 1.54) is 39.7 Å². The van der Waals surface area contributed by atoms with Crippen LogP contribution in [0.3, 0.4) is 0 Å². The standard InChI is InChI=1S/C25H27FN2O6/c1-25(2,3)34-24(30)28-13-14-12-27-22(17-11-21(33-6)20(32-5)10-16(14)17)23(29)18-9-15(31-4)7-8-19(18)26/h7-12H,13H2,1-6H3,(H,28,30). The van der Waals surface area contributed by atoms with Gasteiger partial charge in [-0.2, -0.15) is 0 Å². The highest BCUT2D eigenvalue weighted by molar-refractivity contribution is 6.16. The lowest BCUT2D eigenvalue weighted by molar-refractivity contribution is 0.0523. The second-order valence-electron chi connectivity index (χ2n) is 8.42. The van der Waals surface area contributed by atoms with Gasteiger partial charge in [-0.05, 0) is 62.1 Å². The maximum atomic E-state index is 14.5. The van der Waals surface area contributed by atoms with Crippen molar-refractivity contribution in [3.63, 3.8) is 0 Å². The molecular formula is C25H27FN2O6. The summed E-state index contributed by atoms with van der Waals surface area (Å²) < 4.78 is 35.7. The summed E-state index contributed by atoms with van der Waals surface area (Å²) in [5.74, 6) is -0.191. The van der Waals surface area contributed by atoms with Crippen molar-refractivity contribution in [3.8, 4) is 17.2 Å². The van der Waals surface area contributed by atoms with Crippen molar-refractivity contribution in [1.82, 2.24) is 10.3 Å². The van der Waals surface area contributed by atoms with Crippen molar-refractivity contribution in [2.24, 2.45) is 0 Å². The summed E-state index contributed by atoms with van der Waals surface area (Å²) in [6, 6.07) is 7.20. The van der Waals surface area contributed by atoms with E-state index < -0.39 is 23.3 Å². The monoisotopic (exact) mass is 470 g/mol. The quantitative estimate of drug-likeness (QED) is 0.502. The van der Waals surface area contributed by atoms with Crippen LogP contribution in [-0.2, 0) is 11.3 Å². The number of ether oxygens (including phenoxy) is 4. The molecule has 0 unspecified atom stereocenters. The van der Waals surface area contributed by atoms with Gasteiger partial charge < -0.3 is 24.3 Å². The first kappa shape index (κ1) is 24.8. The summed E-state index contributed by atoms with van der Waals surface area (Å²) in [7, 11) is 4.38. The second-order valence-corrected chi connectivity index (χ2v) is 8.42. The fourth-order valence-corrected chi connectivity index (χ4v) is 3.36. The molecule has 34 heavy (non-hydrogen) atoms. The molecule has 9 heteroatoms. The van der Waals surface area contributed by atoms with Crippen LogP contribution in [0.1, 0.15) is 42.4 Å². The number of carbonyl (C=O) groups is 2. The molecule has 0 saturated carbocycles. The van der Waals surface area contributed by atoms with Crippen LogP contribution in [0.4, 0.5) is 9.18 Å². The number of pyridine rings is 1. The van der Waals surface area contributed by atoms with Gasteiger partial charge in [-0.3, -0.25) is 9.78 Å². The number of hydrogen-bond acceptors (Lipinski definition) is 7. The van der Waals surface area contributed by atoms with E-state index in [4.69, 9.17) is 18.9 Å². The molecule has 1 aromatic heterocycles. The molecule has 0 aliphatic heterocycles. The average molecular weight is 470 g/mol. The molecule has 0 saturated heterocycles. The molecule has 1 heterocycles. The normalized spacial score (nSPS) is 11.1. The minimum absolute atomic E-state index is 0.0177. The number of aromatic nitrogens is 1. The Balaban J connectivity index is 2.11. The van der Waals surface area contributed by atoms with Gasteiger partial charge in [0.25, 0.3) is 0 Å². The topological polar surface area (TPSA) is 96.0 Å². The lowest BCUT2D eigenvalue weighted by atomic mass is 9.98. The molecule has 0 aliphatic rings. The number of ketones is 1. The molecule has 0 spiro atoms. The number of nitrogens with zero attached hydrogens (tertiary/aromatic N) is 1. The molecule has 0 atom stereocenters. The Morgan fingerprint density at radius 3 is 2.21 bits per heavy atom. The lowest BCUT2D eigenvalue weighted by Crippen LogP contribution is -2.32. The summed E-state index contributed by atoms with van der Waals surface area (Å²) in [6.07, 6.45) is 0.858. The third-order valence-corrected chi connectivity index (χ3v) is 4.93. The predicted molar refractivity (Wildman–Crippen MR) is 124 cm³/mol. The van der Waals surface area contributed by atoms with Gasteiger partial charge in [0, 0.05) is 18.1 Å². The Hall–Kier alpha value is -3.88. The molecule has 8 nitrogen and oxygen atoms in total. The van der Waals surface area contributed by atoms with Gasteiger partial charge in [0.15, 0.2) is 11.5 Å². The number of fused-ring (bicyclic) bond motifs is 1. The molecule has 1 N–H and O–H groups in total. The third kappa shape index (κ3) is 5.36. The van der Waals surface area contributed by atoms with Crippen molar-refractivity contribution in [2.75, 3.05) is 21.3 Å². The third-order valence-electron chi connectivity index (χ3n) is 4.93. The van der Waals surface area contributed by atoms with Crippen LogP contribution in [-0.4, -0.2) is 43.8 Å². The number of benzene rings is 2. The van der Waals surface area contributed by atoms with Crippen molar-refractivity contribution in [1.29, 1.82) is 0 Å². The number of rotatable bonds is 7. The van der Waals surface area contributed by atoms with Gasteiger partial charge in [-0.1, -0.05) is 0 Å². The van der Waals surface area contributed by atoms with E-state index in [0.717, 1.165) is 6.07 Å². The molecular weight excluding hydrogens is 443 g/mol. The van der Waals surface area contributed by atoms with Gasteiger partial charge in [-0.15, -0.1) is 0 Å². The van der Waals surface area contributed by atoms with E-state index in [0.29, 0.717) is 33.6 Å². The maximum absolute atomic E-state index is 14.5. The summed E-state index contributed by atoms with van der Waals surface area (Å²) in [5, 5.41) is 3.67. The summed E-state index contributed by atoms with van der Waals surface area (Å²) in [6.45, 7) is 5.37. The van der Waals surface area contributed by atoms with Crippen LogP contribution in [0, 0.1) is 5.82 Å². The Morgan fingerprint density at radius 2 is 1.62 bits per heavy atom. The highest BCUT2D eigenvalue weighted by Crippen LogP contribution is 2.35.